The first-order valence-corrected chi connectivity index (χ1v) is 10.1. The summed E-state index contributed by atoms with van der Waals surface area (Å²) in [4.78, 5) is 13.2. The third-order valence-corrected chi connectivity index (χ3v) is 5.46. The van der Waals surface area contributed by atoms with Crippen molar-refractivity contribution in [1.29, 1.82) is 0 Å². The highest BCUT2D eigenvalue weighted by Crippen LogP contribution is 2.48. The number of hydrogen-bond donors (Lipinski definition) is 1. The summed E-state index contributed by atoms with van der Waals surface area (Å²) in [6, 6.07) is 3.50. The number of phenols is 1. The summed E-state index contributed by atoms with van der Waals surface area (Å²) < 4.78 is 11.6. The minimum Gasteiger partial charge on any atom is -0.507 e. The zero-order chi connectivity index (χ0) is 21.8. The number of hydrogen-bond acceptors (Lipinski definition) is 4. The summed E-state index contributed by atoms with van der Waals surface area (Å²) in [5.41, 5.74) is 1.97. The van der Waals surface area contributed by atoms with E-state index >= 15 is 0 Å². The molecule has 1 aliphatic heterocycles. The van der Waals surface area contributed by atoms with Gasteiger partial charge in [0.15, 0.2) is 11.5 Å². The maximum atomic E-state index is 13.2. The second-order valence-electron chi connectivity index (χ2n) is 10.7. The monoisotopic (exact) mass is 396 g/mol. The zero-order valence-corrected chi connectivity index (χ0v) is 18.8. The molecule has 4 heteroatoms. The molecule has 1 aromatic carbocycles. The van der Waals surface area contributed by atoms with Crippen LogP contribution in [-0.2, 0) is 20.3 Å². The Morgan fingerprint density at radius 2 is 1.62 bits per heavy atom. The molecule has 0 atom stereocenters. The zero-order valence-electron chi connectivity index (χ0n) is 18.8. The van der Waals surface area contributed by atoms with E-state index in [1.54, 1.807) is 18.4 Å². The van der Waals surface area contributed by atoms with E-state index in [2.05, 4.69) is 0 Å². The molecule has 0 radical (unpaired) electrons. The number of phenolic OH excluding ortho intramolecular Hbond substituents is 1. The van der Waals surface area contributed by atoms with E-state index in [-0.39, 0.29) is 22.0 Å². The predicted molar refractivity (Wildman–Crippen MR) is 115 cm³/mol. The van der Waals surface area contributed by atoms with Gasteiger partial charge in [0.25, 0.3) is 0 Å². The van der Waals surface area contributed by atoms with Crippen LogP contribution in [0.2, 0.25) is 0 Å². The topological polar surface area (TPSA) is 55.8 Å². The van der Waals surface area contributed by atoms with Crippen molar-refractivity contribution in [1.82, 2.24) is 0 Å². The highest BCUT2D eigenvalue weighted by Gasteiger charge is 2.41. The van der Waals surface area contributed by atoms with Crippen molar-refractivity contribution in [2.24, 2.45) is 5.41 Å². The fraction of sp³-hybridized carbons (Fsp3) is 0.480. The molecule has 156 valence electrons. The van der Waals surface area contributed by atoms with Crippen LogP contribution in [0.5, 0.6) is 5.75 Å². The first kappa shape index (κ1) is 21.2. The fourth-order valence-corrected chi connectivity index (χ4v) is 3.85. The second kappa shape index (κ2) is 6.79. The number of allylic oxidation sites excluding steroid dienone is 4. The van der Waals surface area contributed by atoms with Crippen molar-refractivity contribution >= 4 is 5.97 Å². The Morgan fingerprint density at radius 1 is 1.07 bits per heavy atom. The van der Waals surface area contributed by atoms with Gasteiger partial charge in [0.1, 0.15) is 5.75 Å². The van der Waals surface area contributed by atoms with Crippen molar-refractivity contribution in [3.05, 3.63) is 64.3 Å². The number of fused-ring (bicyclic) bond motifs is 1. The van der Waals surface area contributed by atoms with Gasteiger partial charge in [-0.15, -0.1) is 0 Å². The Kier molecular flexibility index (Phi) is 4.97. The van der Waals surface area contributed by atoms with Gasteiger partial charge in [-0.3, -0.25) is 0 Å². The summed E-state index contributed by atoms with van der Waals surface area (Å²) in [7, 11) is 0. The molecular formula is C25H32O4. The number of carbonyl (C=O) groups excluding carboxylic acids is 1. The largest absolute Gasteiger partial charge is 0.507 e. The van der Waals surface area contributed by atoms with E-state index in [9.17, 15) is 9.90 Å². The number of carbonyl (C=O) groups is 1. The Morgan fingerprint density at radius 3 is 2.14 bits per heavy atom. The summed E-state index contributed by atoms with van der Waals surface area (Å²) >= 11 is 0. The molecule has 1 aromatic rings. The van der Waals surface area contributed by atoms with Gasteiger partial charge in [0.2, 0.25) is 0 Å². The van der Waals surface area contributed by atoms with Gasteiger partial charge in [-0.05, 0) is 41.0 Å². The van der Waals surface area contributed by atoms with Crippen LogP contribution in [0.4, 0.5) is 0 Å². The number of ether oxygens (including phenoxy) is 2. The molecule has 0 unspecified atom stereocenters. The molecule has 29 heavy (non-hydrogen) atoms. The molecule has 1 N–H and O–H groups in total. The standard InChI is InChI=1S/C25H32O4/c1-23(2,3)17-12-16(13-18(19(17)26)24(4,5)6)22(27)29-21-20-15(10-9-11-28-20)14-25(21,7)8/h9-13,26H,14H2,1-8H3. The lowest BCUT2D eigenvalue weighted by Gasteiger charge is -2.28. The van der Waals surface area contributed by atoms with Crippen LogP contribution in [0, 0.1) is 5.41 Å². The number of aromatic hydroxyl groups is 1. The smallest absolute Gasteiger partial charge is 0.343 e. The molecule has 3 rings (SSSR count). The third-order valence-electron chi connectivity index (χ3n) is 5.46. The lowest BCUT2D eigenvalue weighted by molar-refractivity contribution is 0.0539. The lowest BCUT2D eigenvalue weighted by atomic mass is 9.78. The Bertz CT molecular complexity index is 909. The Balaban J connectivity index is 2.06. The maximum Gasteiger partial charge on any atom is 0.343 e. The number of esters is 1. The van der Waals surface area contributed by atoms with Crippen molar-refractivity contribution < 1.29 is 19.4 Å². The summed E-state index contributed by atoms with van der Waals surface area (Å²) in [5, 5.41) is 10.9. The first-order valence-electron chi connectivity index (χ1n) is 10.1. The Labute approximate surface area is 173 Å². The molecule has 1 aliphatic carbocycles. The highest BCUT2D eigenvalue weighted by atomic mass is 16.6. The summed E-state index contributed by atoms with van der Waals surface area (Å²) in [6.07, 6.45) is 6.21. The average molecular weight is 397 g/mol. The second-order valence-corrected chi connectivity index (χ2v) is 10.7. The van der Waals surface area contributed by atoms with Crippen molar-refractivity contribution in [3.63, 3.8) is 0 Å². The molecule has 4 nitrogen and oxygen atoms in total. The van der Waals surface area contributed by atoms with E-state index in [0.29, 0.717) is 17.1 Å². The molecule has 0 spiro atoms. The van der Waals surface area contributed by atoms with Crippen LogP contribution < -0.4 is 0 Å². The normalized spacial score (nSPS) is 18.3. The molecule has 0 fully saturated rings. The van der Waals surface area contributed by atoms with Crippen molar-refractivity contribution in [2.75, 3.05) is 0 Å². The van der Waals surface area contributed by atoms with E-state index in [1.807, 2.05) is 67.5 Å². The predicted octanol–water partition coefficient (Wildman–Crippen LogP) is 6.26. The number of rotatable bonds is 2. The molecular weight excluding hydrogens is 364 g/mol. The van der Waals surface area contributed by atoms with Gasteiger partial charge in [-0.1, -0.05) is 61.5 Å². The summed E-state index contributed by atoms with van der Waals surface area (Å²) in [6.45, 7) is 16.2. The fourth-order valence-electron chi connectivity index (χ4n) is 3.85. The molecule has 0 bridgehead atoms. The average Bonchev–Trinajstić information content (AvgIpc) is 2.83. The van der Waals surface area contributed by atoms with Gasteiger partial charge in [-0.2, -0.15) is 0 Å². The van der Waals surface area contributed by atoms with E-state index in [4.69, 9.17) is 9.47 Å². The first-order chi connectivity index (χ1) is 13.2. The molecule has 1 heterocycles. The van der Waals surface area contributed by atoms with Gasteiger partial charge in [-0.25, -0.2) is 4.79 Å². The summed E-state index contributed by atoms with van der Waals surface area (Å²) in [5.74, 6) is 1.00. The van der Waals surface area contributed by atoms with Crippen molar-refractivity contribution in [2.45, 2.75) is 72.6 Å². The SMILES string of the molecule is CC1(C)CC2=CC=COC2=C1OC(=O)c1cc(C(C)(C)C)c(O)c(C(C)(C)C)c1. The van der Waals surface area contributed by atoms with Crippen molar-refractivity contribution in [3.8, 4) is 5.75 Å². The minimum absolute atomic E-state index is 0.246. The third kappa shape index (κ3) is 3.98. The van der Waals surface area contributed by atoms with E-state index in [0.717, 1.165) is 23.1 Å². The molecule has 0 amide bonds. The van der Waals surface area contributed by atoms with Gasteiger partial charge >= 0.3 is 5.97 Å². The van der Waals surface area contributed by atoms with E-state index in [1.165, 1.54) is 0 Å². The minimum atomic E-state index is -0.434. The van der Waals surface area contributed by atoms with Gasteiger partial charge < -0.3 is 14.6 Å². The lowest BCUT2D eigenvalue weighted by Crippen LogP contribution is -2.21. The molecule has 2 aliphatic rings. The number of benzene rings is 1. The van der Waals surface area contributed by atoms with Crippen LogP contribution >= 0.6 is 0 Å². The van der Waals surface area contributed by atoms with Gasteiger partial charge in [0, 0.05) is 16.5 Å². The van der Waals surface area contributed by atoms with E-state index < -0.39 is 5.97 Å². The maximum absolute atomic E-state index is 13.2. The van der Waals surface area contributed by atoms with Crippen LogP contribution in [-0.4, -0.2) is 11.1 Å². The molecule has 0 aromatic heterocycles. The van der Waals surface area contributed by atoms with Crippen LogP contribution in [0.25, 0.3) is 0 Å². The molecule has 0 saturated carbocycles. The quantitative estimate of drug-likeness (QED) is 0.600. The molecule has 0 saturated heterocycles. The Hall–Kier alpha value is -2.49. The van der Waals surface area contributed by atoms with Crippen LogP contribution in [0.3, 0.4) is 0 Å². The van der Waals surface area contributed by atoms with Crippen LogP contribution in [0.1, 0.15) is 83.3 Å². The van der Waals surface area contributed by atoms with Crippen LogP contribution in [0.15, 0.2) is 47.6 Å². The van der Waals surface area contributed by atoms with Gasteiger partial charge in [0.05, 0.1) is 11.8 Å². The highest BCUT2D eigenvalue weighted by molar-refractivity contribution is 5.91.